The fourth-order valence-electron chi connectivity index (χ4n) is 6.93. The number of nitrogens with zero attached hydrogens (tertiary/aromatic N) is 2. The second-order valence-corrected chi connectivity index (χ2v) is 17.9. The lowest BCUT2D eigenvalue weighted by molar-refractivity contribution is -0.170. The monoisotopic (exact) mass is 903 g/mol. The minimum absolute atomic E-state index is 0.0201. The summed E-state index contributed by atoms with van der Waals surface area (Å²) in [6, 6.07) is 23.8. The first kappa shape index (κ1) is 47.6. The van der Waals surface area contributed by atoms with Gasteiger partial charge in [0.15, 0.2) is 11.4 Å². The molecule has 60 heavy (non-hydrogen) atoms. The molecule has 0 aliphatic carbocycles. The van der Waals surface area contributed by atoms with Crippen LogP contribution >= 0.6 is 23.2 Å². The Hall–Kier alpha value is -5.09. The normalized spacial score (nSPS) is 14.5. The van der Waals surface area contributed by atoms with Crippen molar-refractivity contribution in [3.8, 4) is 11.8 Å². The molecule has 1 aliphatic rings. The van der Waals surface area contributed by atoms with Crippen LogP contribution in [0.25, 0.3) is 10.8 Å². The predicted molar refractivity (Wildman–Crippen MR) is 225 cm³/mol. The molecule has 2 atom stereocenters. The van der Waals surface area contributed by atoms with Crippen LogP contribution in [0.3, 0.4) is 0 Å². The maximum absolute atomic E-state index is 13.9. The third kappa shape index (κ3) is 13.0. The highest BCUT2D eigenvalue weighted by molar-refractivity contribution is 7.86. The van der Waals surface area contributed by atoms with Crippen LogP contribution in [-0.2, 0) is 35.3 Å². The lowest BCUT2D eigenvalue weighted by Gasteiger charge is -2.33. The Bertz CT molecular complexity index is 2420. The summed E-state index contributed by atoms with van der Waals surface area (Å²) in [6.07, 6.45) is 2.91. The van der Waals surface area contributed by atoms with E-state index in [1.807, 2.05) is 30.3 Å². The van der Waals surface area contributed by atoms with Gasteiger partial charge in [-0.25, -0.2) is 4.79 Å². The van der Waals surface area contributed by atoms with Gasteiger partial charge in [0.1, 0.15) is 6.07 Å². The molecule has 19 heteroatoms. The largest absolute Gasteiger partial charge is 0.481 e. The first-order chi connectivity index (χ1) is 28.2. The van der Waals surface area contributed by atoms with Crippen LogP contribution in [0.15, 0.2) is 77.7 Å². The average molecular weight is 905 g/mol. The molecule has 0 saturated carbocycles. The number of rotatable bonds is 16. The smallest absolute Gasteiger partial charge is 0.336 e. The van der Waals surface area contributed by atoms with Crippen LogP contribution in [0.2, 0.25) is 10.0 Å². The quantitative estimate of drug-likeness (QED) is 0.0856. The number of halogens is 2. The minimum Gasteiger partial charge on any atom is -0.481 e. The van der Waals surface area contributed by atoms with Crippen molar-refractivity contribution in [2.24, 2.45) is 0 Å². The van der Waals surface area contributed by atoms with E-state index in [1.54, 1.807) is 42.7 Å². The first-order valence-corrected chi connectivity index (χ1v) is 22.5. The number of carbonyl (C=O) groups is 4. The zero-order valence-corrected chi connectivity index (χ0v) is 35.6. The van der Waals surface area contributed by atoms with Crippen LogP contribution in [-0.4, -0.2) is 106 Å². The number of amides is 1. The zero-order chi connectivity index (χ0) is 44.4. The van der Waals surface area contributed by atoms with E-state index < -0.39 is 63.2 Å². The van der Waals surface area contributed by atoms with Gasteiger partial charge in [0.05, 0.1) is 51.1 Å². The standard InChI is InChI=1S/C35H35Cl2N3O5S2.C6H8O7/c1-46(42)32-10-6-5-8-28(32)23-13-16-40(17-14-23)18-15-26(24-11-12-30(36)31(37)20-24)22-39-35(41)33-29-9-4-3-7-25(29)19-27(21-38)34(33)45-47(2,43)44;7-3(8)1-6(13,5(11)12)2-4(9)10/h3-12,19-20,23,26H,13-18,22H2,1-2H3,(H,39,41);13H,1-2H2,(H,7,8)(H,9,10)(H,11,12)/t26-,46+;/m1./s1. The Balaban J connectivity index is 0.000000526. The third-order valence-electron chi connectivity index (χ3n) is 9.84. The molecule has 320 valence electrons. The molecule has 0 unspecified atom stereocenters. The third-order valence-corrected chi connectivity index (χ3v) is 12.0. The molecule has 1 aliphatic heterocycles. The van der Waals surface area contributed by atoms with Gasteiger partial charge in [0, 0.05) is 23.6 Å². The van der Waals surface area contributed by atoms with Crippen molar-refractivity contribution < 1.29 is 56.4 Å². The average Bonchev–Trinajstić information content (AvgIpc) is 3.18. The number of likely N-dealkylation sites (tertiary alicyclic amines) is 1. The van der Waals surface area contributed by atoms with E-state index in [-0.39, 0.29) is 29.3 Å². The summed E-state index contributed by atoms with van der Waals surface area (Å²) in [5.74, 6) is -5.68. The van der Waals surface area contributed by atoms with E-state index in [0.29, 0.717) is 33.2 Å². The maximum Gasteiger partial charge on any atom is 0.336 e. The molecule has 1 heterocycles. The molecule has 1 amide bonds. The van der Waals surface area contributed by atoms with Crippen molar-refractivity contribution in [2.45, 2.75) is 54.4 Å². The Labute approximate surface area is 359 Å². The van der Waals surface area contributed by atoms with Gasteiger partial charge in [-0.15, -0.1) is 0 Å². The molecule has 0 spiro atoms. The first-order valence-electron chi connectivity index (χ1n) is 18.4. The number of nitriles is 1. The molecule has 0 aromatic heterocycles. The van der Waals surface area contributed by atoms with Crippen molar-refractivity contribution in [1.29, 1.82) is 5.26 Å². The molecule has 0 radical (unpaired) electrons. The van der Waals surface area contributed by atoms with Crippen LogP contribution < -0.4 is 9.50 Å². The van der Waals surface area contributed by atoms with E-state index in [9.17, 15) is 37.1 Å². The summed E-state index contributed by atoms with van der Waals surface area (Å²) in [5.41, 5.74) is -0.754. The fraction of sp³-hybridized carbons (Fsp3) is 0.341. The Morgan fingerprint density at radius 2 is 1.58 bits per heavy atom. The number of piperidine rings is 1. The molecule has 4 aromatic carbocycles. The number of carboxylic acid groups (broad SMARTS) is 3. The van der Waals surface area contributed by atoms with Crippen LogP contribution in [0.5, 0.6) is 5.75 Å². The molecular weight excluding hydrogens is 862 g/mol. The van der Waals surface area contributed by atoms with E-state index in [1.165, 1.54) is 6.07 Å². The molecule has 15 nitrogen and oxygen atoms in total. The van der Waals surface area contributed by atoms with E-state index >= 15 is 0 Å². The molecule has 0 bridgehead atoms. The van der Waals surface area contributed by atoms with Crippen molar-refractivity contribution in [3.05, 3.63) is 105 Å². The molecule has 1 fully saturated rings. The molecule has 4 aromatic rings. The van der Waals surface area contributed by atoms with E-state index in [0.717, 1.165) is 54.8 Å². The second-order valence-electron chi connectivity index (χ2n) is 14.2. The highest BCUT2D eigenvalue weighted by Crippen LogP contribution is 2.35. The Kier molecular flexibility index (Phi) is 16.6. The van der Waals surface area contributed by atoms with Crippen molar-refractivity contribution in [2.75, 3.05) is 38.7 Å². The van der Waals surface area contributed by atoms with Gasteiger partial charge >= 0.3 is 28.0 Å². The number of carboxylic acids is 3. The molecule has 5 rings (SSSR count). The second kappa shape index (κ2) is 20.9. The van der Waals surface area contributed by atoms with Gasteiger partial charge in [-0.1, -0.05) is 71.7 Å². The van der Waals surface area contributed by atoms with Crippen LogP contribution in [0.4, 0.5) is 0 Å². The highest BCUT2D eigenvalue weighted by atomic mass is 35.5. The lowest BCUT2D eigenvalue weighted by atomic mass is 9.88. The van der Waals surface area contributed by atoms with Gasteiger partial charge in [-0.3, -0.25) is 18.6 Å². The number of hydrogen-bond acceptors (Lipinski definition) is 11. The topological polar surface area (TPSA) is 249 Å². The van der Waals surface area contributed by atoms with Gasteiger partial charge in [-0.2, -0.15) is 13.7 Å². The molecule has 1 saturated heterocycles. The lowest BCUT2D eigenvalue weighted by Crippen LogP contribution is -2.42. The fourth-order valence-corrected chi connectivity index (χ4v) is 8.55. The summed E-state index contributed by atoms with van der Waals surface area (Å²) >= 11 is 12.6. The molecular formula is C41H43Cl2N3O12S2. The Morgan fingerprint density at radius 1 is 0.967 bits per heavy atom. The minimum atomic E-state index is -4.05. The number of aliphatic hydroxyl groups is 1. The van der Waals surface area contributed by atoms with Gasteiger partial charge < -0.3 is 34.8 Å². The van der Waals surface area contributed by atoms with Crippen molar-refractivity contribution >= 4 is 78.7 Å². The maximum atomic E-state index is 13.9. The van der Waals surface area contributed by atoms with E-state index in [4.69, 9.17) is 47.8 Å². The van der Waals surface area contributed by atoms with Gasteiger partial charge in [-0.05, 0) is 91.0 Å². The van der Waals surface area contributed by atoms with Crippen molar-refractivity contribution in [3.63, 3.8) is 0 Å². The summed E-state index contributed by atoms with van der Waals surface area (Å²) in [4.78, 5) is 47.7. The van der Waals surface area contributed by atoms with E-state index in [2.05, 4.69) is 16.3 Å². The van der Waals surface area contributed by atoms with Gasteiger partial charge in [0.25, 0.3) is 5.91 Å². The zero-order valence-electron chi connectivity index (χ0n) is 32.5. The number of carbonyl (C=O) groups excluding carboxylic acids is 1. The Morgan fingerprint density at radius 3 is 2.15 bits per heavy atom. The molecule has 5 N–H and O–H groups in total. The summed E-state index contributed by atoms with van der Waals surface area (Å²) in [6.45, 7) is 2.75. The summed E-state index contributed by atoms with van der Waals surface area (Å²) in [5, 5.41) is 48.5. The number of nitrogens with one attached hydrogen (secondary N) is 1. The number of hydrogen-bond donors (Lipinski definition) is 5. The van der Waals surface area contributed by atoms with Gasteiger partial charge in [0.2, 0.25) is 0 Å². The van der Waals surface area contributed by atoms with Crippen LogP contribution in [0.1, 0.15) is 71.0 Å². The highest BCUT2D eigenvalue weighted by Gasteiger charge is 2.41. The SMILES string of the molecule is C[S@](=O)c1ccccc1C1CCN(CC[C@H](CNC(=O)c2c(OS(C)(=O)=O)c(C#N)cc3ccccc23)c2ccc(Cl)c(Cl)c2)CC1.O=C(O)CC(O)(CC(=O)O)C(=O)O. The van der Waals surface area contributed by atoms with Crippen LogP contribution in [0, 0.1) is 11.3 Å². The summed E-state index contributed by atoms with van der Waals surface area (Å²) < 4.78 is 41.9. The predicted octanol–water partition coefficient (Wildman–Crippen LogP) is 5.63. The number of benzene rings is 4. The summed E-state index contributed by atoms with van der Waals surface area (Å²) in [7, 11) is -5.09. The number of fused-ring (bicyclic) bond motifs is 1. The van der Waals surface area contributed by atoms with Crippen molar-refractivity contribution in [1.82, 2.24) is 10.2 Å². The number of aliphatic carboxylic acids is 3.